The summed E-state index contributed by atoms with van der Waals surface area (Å²) in [5, 5.41) is 12.8. The number of rotatable bonds is 7. The van der Waals surface area contributed by atoms with Crippen molar-refractivity contribution in [1.29, 1.82) is 0 Å². The second-order valence-electron chi connectivity index (χ2n) is 7.66. The van der Waals surface area contributed by atoms with E-state index in [1.807, 2.05) is 44.2 Å². The molecule has 7 nitrogen and oxygen atoms in total. The summed E-state index contributed by atoms with van der Waals surface area (Å²) in [5.74, 6) is 0.695. The summed E-state index contributed by atoms with van der Waals surface area (Å²) >= 11 is 7.49. The van der Waals surface area contributed by atoms with E-state index in [4.69, 9.17) is 16.3 Å². The number of halogens is 1. The monoisotopic (exact) mass is 471 g/mol. The number of morpholine rings is 1. The summed E-state index contributed by atoms with van der Waals surface area (Å²) < 4.78 is 7.57. The van der Waals surface area contributed by atoms with Crippen LogP contribution < -0.4 is 10.2 Å². The first kappa shape index (κ1) is 22.6. The number of hydrogen-bond donors (Lipinski definition) is 1. The summed E-state index contributed by atoms with van der Waals surface area (Å²) in [6.07, 6.45) is 0. The third-order valence-corrected chi connectivity index (χ3v) is 6.60. The minimum Gasteiger partial charge on any atom is -0.378 e. The number of ether oxygens (including phenoxy) is 1. The fourth-order valence-corrected chi connectivity index (χ4v) is 4.46. The number of carbonyl (C=O) groups excluding carboxylic acids is 1. The molecule has 1 unspecified atom stereocenters. The summed E-state index contributed by atoms with van der Waals surface area (Å²) in [6.45, 7) is 7.30. The Morgan fingerprint density at radius 1 is 1.19 bits per heavy atom. The van der Waals surface area contributed by atoms with Crippen molar-refractivity contribution in [3.63, 3.8) is 0 Å². The van der Waals surface area contributed by atoms with Crippen LogP contribution in [0.15, 0.2) is 53.7 Å². The summed E-state index contributed by atoms with van der Waals surface area (Å²) in [7, 11) is 0. The van der Waals surface area contributed by atoms with Gasteiger partial charge in [-0.25, -0.2) is 0 Å². The molecule has 9 heteroatoms. The van der Waals surface area contributed by atoms with Crippen LogP contribution >= 0.6 is 23.4 Å². The van der Waals surface area contributed by atoms with Gasteiger partial charge in [0.15, 0.2) is 5.16 Å². The fraction of sp³-hybridized carbons (Fsp3) is 0.348. The predicted molar refractivity (Wildman–Crippen MR) is 129 cm³/mol. The highest BCUT2D eigenvalue weighted by atomic mass is 35.5. The van der Waals surface area contributed by atoms with Crippen LogP contribution in [0.2, 0.25) is 5.02 Å². The number of aromatic nitrogens is 3. The molecule has 0 radical (unpaired) electrons. The Balaban J connectivity index is 1.54. The Morgan fingerprint density at radius 3 is 2.69 bits per heavy atom. The zero-order valence-electron chi connectivity index (χ0n) is 18.1. The minimum atomic E-state index is -0.371. The van der Waals surface area contributed by atoms with Crippen LogP contribution in [0.1, 0.15) is 18.1 Å². The van der Waals surface area contributed by atoms with E-state index in [0.717, 1.165) is 35.9 Å². The number of thioether (sulfide) groups is 1. The quantitative estimate of drug-likeness (QED) is 0.519. The number of carbonyl (C=O) groups is 1. The number of nitrogens with zero attached hydrogens (tertiary/aromatic N) is 4. The van der Waals surface area contributed by atoms with E-state index in [9.17, 15) is 4.79 Å². The molecule has 2 heterocycles. The van der Waals surface area contributed by atoms with Crippen LogP contribution in [-0.2, 0) is 16.1 Å². The third-order valence-electron chi connectivity index (χ3n) is 5.28. The van der Waals surface area contributed by atoms with E-state index in [1.54, 1.807) is 6.07 Å². The molecule has 0 bridgehead atoms. The van der Waals surface area contributed by atoms with Gasteiger partial charge in [0.05, 0.1) is 25.0 Å². The Hall–Kier alpha value is -2.55. The molecule has 1 aromatic heterocycles. The van der Waals surface area contributed by atoms with Gasteiger partial charge in [0.1, 0.15) is 0 Å². The van der Waals surface area contributed by atoms with E-state index in [-0.39, 0.29) is 11.2 Å². The van der Waals surface area contributed by atoms with Crippen LogP contribution in [-0.4, -0.2) is 52.2 Å². The van der Waals surface area contributed by atoms with E-state index >= 15 is 0 Å². The minimum absolute atomic E-state index is 0.109. The lowest BCUT2D eigenvalue weighted by Crippen LogP contribution is -2.38. The summed E-state index contributed by atoms with van der Waals surface area (Å²) in [4.78, 5) is 15.1. The number of aryl methyl sites for hydroxylation is 1. The number of nitrogens with one attached hydrogen (secondary N) is 1. The summed E-state index contributed by atoms with van der Waals surface area (Å²) in [5.41, 5.74) is 2.83. The largest absolute Gasteiger partial charge is 0.378 e. The Kier molecular flexibility index (Phi) is 7.34. The zero-order chi connectivity index (χ0) is 22.5. The number of anilines is 2. The lowest BCUT2D eigenvalue weighted by Gasteiger charge is -2.28. The van der Waals surface area contributed by atoms with Crippen LogP contribution in [0.4, 0.5) is 11.6 Å². The van der Waals surface area contributed by atoms with Crippen molar-refractivity contribution >= 4 is 40.9 Å². The smallest absolute Gasteiger partial charge is 0.237 e. The first-order chi connectivity index (χ1) is 15.5. The van der Waals surface area contributed by atoms with E-state index in [1.165, 1.54) is 11.8 Å². The molecule has 1 aliphatic heterocycles. The van der Waals surface area contributed by atoms with Crippen molar-refractivity contribution in [2.75, 3.05) is 36.5 Å². The van der Waals surface area contributed by atoms with Crippen LogP contribution in [0.25, 0.3) is 0 Å². The van der Waals surface area contributed by atoms with E-state index in [2.05, 4.69) is 37.1 Å². The van der Waals surface area contributed by atoms with Gasteiger partial charge in [-0.15, -0.1) is 10.2 Å². The van der Waals surface area contributed by atoms with Gasteiger partial charge in [-0.3, -0.25) is 9.36 Å². The first-order valence-electron chi connectivity index (χ1n) is 10.5. The lowest BCUT2D eigenvalue weighted by molar-refractivity contribution is -0.115. The van der Waals surface area contributed by atoms with Gasteiger partial charge in [-0.2, -0.15) is 0 Å². The first-order valence-corrected chi connectivity index (χ1v) is 11.8. The molecule has 0 aliphatic carbocycles. The maximum absolute atomic E-state index is 12.9. The number of hydrogen-bond acceptors (Lipinski definition) is 6. The molecule has 1 atom stereocenters. The van der Waals surface area contributed by atoms with Crippen LogP contribution in [0.3, 0.4) is 0 Å². The van der Waals surface area contributed by atoms with Crippen molar-refractivity contribution in [2.45, 2.75) is 30.8 Å². The average Bonchev–Trinajstić information content (AvgIpc) is 3.19. The highest BCUT2D eigenvalue weighted by Gasteiger charge is 2.24. The van der Waals surface area contributed by atoms with Gasteiger partial charge < -0.3 is 15.0 Å². The maximum atomic E-state index is 12.9. The molecular formula is C23H26ClN5O2S. The molecule has 1 amide bonds. The molecular weight excluding hydrogens is 446 g/mol. The van der Waals surface area contributed by atoms with E-state index in [0.29, 0.717) is 29.9 Å². The van der Waals surface area contributed by atoms with Crippen molar-refractivity contribution in [1.82, 2.24) is 14.8 Å². The van der Waals surface area contributed by atoms with Gasteiger partial charge in [-0.05, 0) is 37.1 Å². The Bertz CT molecular complexity index is 1070. The molecule has 3 aromatic rings. The van der Waals surface area contributed by atoms with Gasteiger partial charge >= 0.3 is 0 Å². The molecule has 0 saturated carbocycles. The van der Waals surface area contributed by atoms with Gasteiger partial charge in [0.2, 0.25) is 11.9 Å². The SMILES string of the molecule is Cc1ccc(Cl)cc1NC(=O)C(C)Sc1nnc(N2CCOCC2)n1Cc1ccccc1. The topological polar surface area (TPSA) is 72.3 Å². The number of benzene rings is 2. The average molecular weight is 472 g/mol. The molecule has 1 N–H and O–H groups in total. The van der Waals surface area contributed by atoms with Crippen molar-refractivity contribution < 1.29 is 9.53 Å². The van der Waals surface area contributed by atoms with Crippen LogP contribution in [0, 0.1) is 6.92 Å². The van der Waals surface area contributed by atoms with Crippen molar-refractivity contribution in [3.05, 3.63) is 64.7 Å². The van der Waals surface area contributed by atoms with Crippen LogP contribution in [0.5, 0.6) is 0 Å². The normalized spacial score (nSPS) is 14.9. The van der Waals surface area contributed by atoms with Gasteiger partial charge in [0.25, 0.3) is 0 Å². The van der Waals surface area contributed by atoms with Crippen molar-refractivity contribution in [3.8, 4) is 0 Å². The Morgan fingerprint density at radius 2 is 1.94 bits per heavy atom. The Labute approximate surface area is 197 Å². The standard InChI is InChI=1S/C23H26ClN5O2S/c1-16-8-9-19(24)14-20(16)25-21(30)17(2)32-23-27-26-22(28-10-12-31-13-11-28)29(23)15-18-6-4-3-5-7-18/h3-9,14,17H,10-13,15H2,1-2H3,(H,25,30). The zero-order valence-corrected chi connectivity index (χ0v) is 19.7. The molecule has 4 rings (SSSR count). The second kappa shape index (κ2) is 10.4. The number of amides is 1. The highest BCUT2D eigenvalue weighted by Crippen LogP contribution is 2.28. The molecule has 0 spiro atoms. The lowest BCUT2D eigenvalue weighted by atomic mass is 10.2. The molecule has 32 heavy (non-hydrogen) atoms. The molecule has 1 saturated heterocycles. The highest BCUT2D eigenvalue weighted by molar-refractivity contribution is 8.00. The third kappa shape index (κ3) is 5.43. The molecule has 1 aliphatic rings. The molecule has 2 aromatic carbocycles. The fourth-order valence-electron chi connectivity index (χ4n) is 3.44. The predicted octanol–water partition coefficient (Wildman–Crippen LogP) is 4.24. The summed E-state index contributed by atoms with van der Waals surface area (Å²) in [6, 6.07) is 15.7. The van der Waals surface area contributed by atoms with Gasteiger partial charge in [-0.1, -0.05) is 59.8 Å². The van der Waals surface area contributed by atoms with Crippen molar-refractivity contribution in [2.24, 2.45) is 0 Å². The second-order valence-corrected chi connectivity index (χ2v) is 9.41. The molecule has 1 fully saturated rings. The van der Waals surface area contributed by atoms with E-state index < -0.39 is 0 Å². The maximum Gasteiger partial charge on any atom is 0.237 e. The molecule has 168 valence electrons. The van der Waals surface area contributed by atoms with Gasteiger partial charge in [0, 0.05) is 23.8 Å².